The number of piperidine rings is 1. The topological polar surface area (TPSA) is 81.4 Å². The number of hydrogen-bond donors (Lipinski definition) is 2. The Balaban J connectivity index is 2.16. The van der Waals surface area contributed by atoms with Crippen molar-refractivity contribution in [2.24, 2.45) is 5.14 Å². The molecular weight excluding hydrogens is 271 g/mol. The van der Waals surface area contributed by atoms with Crippen LogP contribution in [0.4, 0.5) is 4.39 Å². The monoisotopic (exact) mass is 288 g/mol. The van der Waals surface area contributed by atoms with Gasteiger partial charge >= 0.3 is 0 Å². The summed E-state index contributed by atoms with van der Waals surface area (Å²) in [6.07, 6.45) is 1.02. The maximum absolute atomic E-state index is 13.3. The summed E-state index contributed by atoms with van der Waals surface area (Å²) >= 11 is 0. The van der Waals surface area contributed by atoms with Crippen LogP contribution in [0.15, 0.2) is 18.2 Å². The van der Waals surface area contributed by atoms with Gasteiger partial charge in [-0.15, -0.1) is 0 Å². The van der Waals surface area contributed by atoms with Crippen molar-refractivity contribution < 1.29 is 17.5 Å². The highest BCUT2D eigenvalue weighted by molar-refractivity contribution is 7.89. The van der Waals surface area contributed by atoms with Crippen molar-refractivity contribution in [1.29, 1.82) is 0 Å². The molecule has 2 unspecified atom stereocenters. The van der Waals surface area contributed by atoms with E-state index in [2.05, 4.69) is 5.32 Å². The van der Waals surface area contributed by atoms with Crippen molar-refractivity contribution in [3.05, 3.63) is 29.6 Å². The van der Waals surface area contributed by atoms with E-state index in [0.717, 1.165) is 0 Å². The van der Waals surface area contributed by atoms with Gasteiger partial charge in [0.2, 0.25) is 10.0 Å². The molecule has 1 aromatic rings. The molecule has 1 fully saturated rings. The highest BCUT2D eigenvalue weighted by atomic mass is 32.2. The van der Waals surface area contributed by atoms with Crippen molar-refractivity contribution in [3.8, 4) is 5.75 Å². The molecular formula is C12H17FN2O3S. The second kappa shape index (κ2) is 5.44. The molecule has 0 saturated carbocycles. The highest BCUT2D eigenvalue weighted by Crippen LogP contribution is 2.31. The van der Waals surface area contributed by atoms with Gasteiger partial charge in [0.25, 0.3) is 0 Å². The zero-order chi connectivity index (χ0) is 14.0. The fourth-order valence-electron chi connectivity index (χ4n) is 2.35. The lowest BCUT2D eigenvalue weighted by molar-refractivity contribution is 0.371. The number of primary sulfonamides is 1. The average Bonchev–Trinajstić information content (AvgIpc) is 2.38. The van der Waals surface area contributed by atoms with E-state index in [1.807, 2.05) is 0 Å². The Bertz CT molecular complexity index is 554. The third kappa shape index (κ3) is 3.23. The number of nitrogens with one attached hydrogen (secondary N) is 1. The molecule has 1 aliphatic rings. The van der Waals surface area contributed by atoms with Gasteiger partial charge in [-0.05, 0) is 31.0 Å². The Labute approximate surface area is 112 Å². The van der Waals surface area contributed by atoms with Crippen molar-refractivity contribution in [2.45, 2.75) is 24.1 Å². The summed E-state index contributed by atoms with van der Waals surface area (Å²) in [6.45, 7) is 0.267. The van der Waals surface area contributed by atoms with Crippen LogP contribution in [0.5, 0.6) is 5.75 Å². The summed E-state index contributed by atoms with van der Waals surface area (Å²) in [5, 5.41) is 7.63. The van der Waals surface area contributed by atoms with Crippen molar-refractivity contribution in [2.75, 3.05) is 13.7 Å². The summed E-state index contributed by atoms with van der Waals surface area (Å²) in [5.74, 6) is 0.249. The summed E-state index contributed by atoms with van der Waals surface area (Å²) in [6, 6.07) is 4.19. The van der Waals surface area contributed by atoms with Crippen LogP contribution in [0.3, 0.4) is 0 Å². The Hall–Kier alpha value is -1.18. The molecule has 1 saturated heterocycles. The first-order chi connectivity index (χ1) is 8.91. The normalized spacial score (nSPS) is 24.2. The number of benzene rings is 1. The average molecular weight is 288 g/mol. The smallest absolute Gasteiger partial charge is 0.213 e. The lowest BCUT2D eigenvalue weighted by atomic mass is 9.96. The third-order valence-electron chi connectivity index (χ3n) is 3.40. The zero-order valence-electron chi connectivity index (χ0n) is 10.6. The molecule has 0 amide bonds. The van der Waals surface area contributed by atoms with Gasteiger partial charge in [0, 0.05) is 18.2 Å². The van der Waals surface area contributed by atoms with Crippen molar-refractivity contribution in [3.63, 3.8) is 0 Å². The number of rotatable bonds is 3. The fourth-order valence-corrected chi connectivity index (χ4v) is 3.15. The van der Waals surface area contributed by atoms with E-state index >= 15 is 0 Å². The molecule has 0 bridgehead atoms. The maximum Gasteiger partial charge on any atom is 0.213 e. The van der Waals surface area contributed by atoms with E-state index in [-0.39, 0.29) is 18.4 Å². The lowest BCUT2D eigenvalue weighted by Crippen LogP contribution is -2.43. The first kappa shape index (κ1) is 14.2. The van der Waals surface area contributed by atoms with Gasteiger partial charge in [-0.1, -0.05) is 0 Å². The summed E-state index contributed by atoms with van der Waals surface area (Å²) < 4.78 is 41.0. The van der Waals surface area contributed by atoms with Gasteiger partial charge < -0.3 is 10.1 Å². The molecule has 3 N–H and O–H groups in total. The van der Waals surface area contributed by atoms with E-state index in [1.54, 1.807) is 6.07 Å². The van der Waals surface area contributed by atoms with Crippen molar-refractivity contribution in [1.82, 2.24) is 5.32 Å². The summed E-state index contributed by atoms with van der Waals surface area (Å²) in [4.78, 5) is 0. The first-order valence-corrected chi connectivity index (χ1v) is 7.61. The predicted octanol–water partition coefficient (Wildman–Crippen LogP) is 0.916. The number of sulfonamides is 1. The summed E-state index contributed by atoms with van der Waals surface area (Å²) in [5.41, 5.74) is 0.704. The molecule has 0 radical (unpaired) electrons. The molecule has 0 aliphatic carbocycles. The van der Waals surface area contributed by atoms with E-state index in [1.165, 1.54) is 19.2 Å². The molecule has 0 spiro atoms. The van der Waals surface area contributed by atoms with E-state index in [4.69, 9.17) is 9.88 Å². The largest absolute Gasteiger partial charge is 0.496 e. The second-order valence-electron chi connectivity index (χ2n) is 4.64. The van der Waals surface area contributed by atoms with Crippen LogP contribution >= 0.6 is 0 Å². The molecule has 2 atom stereocenters. The van der Waals surface area contributed by atoms with E-state index in [0.29, 0.717) is 24.2 Å². The standard InChI is InChI=1S/C12H17FN2O3S/c1-18-12-5-2-8(13)6-10(12)11-4-3-9(7-15-11)19(14,16)17/h2,5-6,9,11,15H,3-4,7H2,1H3,(H2,14,16,17). The number of hydrogen-bond acceptors (Lipinski definition) is 4. The second-order valence-corrected chi connectivity index (χ2v) is 6.48. The van der Waals surface area contributed by atoms with E-state index < -0.39 is 15.3 Å². The van der Waals surface area contributed by atoms with Crippen LogP contribution in [0, 0.1) is 5.82 Å². The molecule has 19 heavy (non-hydrogen) atoms. The lowest BCUT2D eigenvalue weighted by Gasteiger charge is -2.29. The number of methoxy groups -OCH3 is 1. The van der Waals surface area contributed by atoms with Gasteiger partial charge in [-0.3, -0.25) is 0 Å². The SMILES string of the molecule is COc1ccc(F)cc1C1CCC(S(N)(=O)=O)CN1. The Morgan fingerprint density at radius 1 is 1.42 bits per heavy atom. The molecule has 7 heteroatoms. The number of halogens is 1. The van der Waals surface area contributed by atoms with Crippen LogP contribution in [-0.4, -0.2) is 27.3 Å². The molecule has 106 valence electrons. The fraction of sp³-hybridized carbons (Fsp3) is 0.500. The highest BCUT2D eigenvalue weighted by Gasteiger charge is 2.29. The minimum Gasteiger partial charge on any atom is -0.496 e. The zero-order valence-corrected chi connectivity index (χ0v) is 11.4. The van der Waals surface area contributed by atoms with E-state index in [9.17, 15) is 12.8 Å². The number of nitrogens with two attached hydrogens (primary N) is 1. The quantitative estimate of drug-likeness (QED) is 0.866. The maximum atomic E-state index is 13.3. The molecule has 1 aliphatic heterocycles. The van der Waals surface area contributed by atoms with Crippen LogP contribution in [0.1, 0.15) is 24.4 Å². The third-order valence-corrected chi connectivity index (χ3v) is 4.73. The molecule has 0 aromatic heterocycles. The van der Waals surface area contributed by atoms with Gasteiger partial charge in [0.05, 0.1) is 12.4 Å². The molecule has 5 nitrogen and oxygen atoms in total. The minimum absolute atomic E-state index is 0.122. The number of ether oxygens (including phenoxy) is 1. The van der Waals surface area contributed by atoms with Crippen LogP contribution in [0.25, 0.3) is 0 Å². The van der Waals surface area contributed by atoms with Gasteiger partial charge in [0.1, 0.15) is 11.6 Å². The Morgan fingerprint density at radius 2 is 2.16 bits per heavy atom. The Kier molecular flexibility index (Phi) is 4.07. The Morgan fingerprint density at radius 3 is 2.68 bits per heavy atom. The van der Waals surface area contributed by atoms with Crippen LogP contribution < -0.4 is 15.2 Å². The minimum atomic E-state index is -3.52. The predicted molar refractivity (Wildman–Crippen MR) is 69.8 cm³/mol. The van der Waals surface area contributed by atoms with Crippen LogP contribution in [-0.2, 0) is 10.0 Å². The first-order valence-electron chi connectivity index (χ1n) is 6.00. The van der Waals surface area contributed by atoms with Gasteiger partial charge in [0.15, 0.2) is 0 Å². The van der Waals surface area contributed by atoms with Gasteiger partial charge in [-0.25, -0.2) is 17.9 Å². The molecule has 2 rings (SSSR count). The molecule has 1 aromatic carbocycles. The van der Waals surface area contributed by atoms with Gasteiger partial charge in [-0.2, -0.15) is 0 Å². The van der Waals surface area contributed by atoms with Crippen molar-refractivity contribution >= 4 is 10.0 Å². The van der Waals surface area contributed by atoms with Crippen LogP contribution in [0.2, 0.25) is 0 Å². The molecule has 1 heterocycles. The summed E-state index contributed by atoms with van der Waals surface area (Å²) in [7, 11) is -2.00.